The van der Waals surface area contributed by atoms with Crippen LogP contribution in [0.5, 0.6) is 5.75 Å². The fourth-order valence-corrected chi connectivity index (χ4v) is 2.29. The lowest BCUT2D eigenvalue weighted by Gasteiger charge is -2.18. The van der Waals surface area contributed by atoms with Crippen LogP contribution in [-0.2, 0) is 6.54 Å². The van der Waals surface area contributed by atoms with Crippen molar-refractivity contribution in [3.63, 3.8) is 0 Å². The van der Waals surface area contributed by atoms with Crippen LogP contribution >= 0.6 is 11.3 Å². The van der Waals surface area contributed by atoms with Crippen LogP contribution in [-0.4, -0.2) is 30.2 Å². The molecular weight excluding hydrogens is 264 g/mol. The van der Waals surface area contributed by atoms with Gasteiger partial charge in [-0.2, -0.15) is 0 Å². The van der Waals surface area contributed by atoms with Gasteiger partial charge in [0.05, 0.1) is 19.3 Å². The molecule has 0 fully saturated rings. The van der Waals surface area contributed by atoms with Gasteiger partial charge in [0.1, 0.15) is 5.75 Å². The molecule has 0 aliphatic rings. The first kappa shape index (κ1) is 13.4. The molecule has 0 unspecified atom stereocenters. The maximum absolute atomic E-state index is 10.8. The number of ether oxygens (including phenoxy) is 1. The van der Waals surface area contributed by atoms with Crippen molar-refractivity contribution < 1.29 is 14.6 Å². The number of rotatable bonds is 5. The largest absolute Gasteiger partial charge is 0.497 e. The summed E-state index contributed by atoms with van der Waals surface area (Å²) in [6, 6.07) is 7.66. The molecule has 19 heavy (non-hydrogen) atoms. The number of aromatic nitrogens is 1. The first-order valence-electron chi connectivity index (χ1n) is 5.63. The lowest BCUT2D eigenvalue weighted by atomic mass is 10.2. The summed E-state index contributed by atoms with van der Waals surface area (Å²) in [5, 5.41) is 10.7. The third-order valence-corrected chi connectivity index (χ3v) is 3.53. The normalized spacial score (nSPS) is 10.2. The van der Waals surface area contributed by atoms with Gasteiger partial charge in [-0.15, -0.1) is 11.3 Å². The molecule has 6 heteroatoms. The summed E-state index contributed by atoms with van der Waals surface area (Å²) < 4.78 is 5.10. The van der Waals surface area contributed by atoms with Gasteiger partial charge in [0.25, 0.3) is 0 Å². The number of carboxylic acid groups (broad SMARTS) is 1. The molecule has 0 spiro atoms. The molecular formula is C13H14N2O3S. The molecule has 1 aromatic carbocycles. The van der Waals surface area contributed by atoms with E-state index < -0.39 is 5.97 Å². The average molecular weight is 278 g/mol. The molecule has 0 saturated heterocycles. The SMILES string of the molecule is COc1ccc(N(C)Cc2csc(C(=O)O)n2)cc1. The number of aromatic carboxylic acids is 1. The van der Waals surface area contributed by atoms with Gasteiger partial charge in [-0.25, -0.2) is 9.78 Å². The number of benzene rings is 1. The Morgan fingerprint density at radius 3 is 2.63 bits per heavy atom. The Bertz CT molecular complexity index is 566. The van der Waals surface area contributed by atoms with Gasteiger partial charge in [-0.3, -0.25) is 0 Å². The van der Waals surface area contributed by atoms with Gasteiger partial charge in [0, 0.05) is 18.1 Å². The van der Waals surface area contributed by atoms with E-state index in [0.29, 0.717) is 6.54 Å². The van der Waals surface area contributed by atoms with Crippen LogP contribution in [0.3, 0.4) is 0 Å². The fraction of sp³-hybridized carbons (Fsp3) is 0.231. The summed E-state index contributed by atoms with van der Waals surface area (Å²) >= 11 is 1.14. The third-order valence-electron chi connectivity index (χ3n) is 2.65. The highest BCUT2D eigenvalue weighted by Crippen LogP contribution is 2.20. The van der Waals surface area contributed by atoms with E-state index in [1.54, 1.807) is 12.5 Å². The van der Waals surface area contributed by atoms with Crippen molar-refractivity contribution in [3.8, 4) is 5.75 Å². The fourth-order valence-electron chi connectivity index (χ4n) is 1.65. The Kier molecular flexibility index (Phi) is 4.01. The molecule has 0 bridgehead atoms. The number of carbonyl (C=O) groups is 1. The summed E-state index contributed by atoms with van der Waals surface area (Å²) in [4.78, 5) is 16.8. The van der Waals surface area contributed by atoms with Crippen LogP contribution in [0.25, 0.3) is 0 Å². The van der Waals surface area contributed by atoms with Crippen LogP contribution in [0.2, 0.25) is 0 Å². The van der Waals surface area contributed by atoms with Crippen molar-refractivity contribution >= 4 is 23.0 Å². The van der Waals surface area contributed by atoms with Crippen LogP contribution < -0.4 is 9.64 Å². The van der Waals surface area contributed by atoms with Crippen LogP contribution in [0, 0.1) is 0 Å². The van der Waals surface area contributed by atoms with E-state index in [2.05, 4.69) is 4.98 Å². The van der Waals surface area contributed by atoms with Crippen molar-refractivity contribution in [3.05, 3.63) is 40.3 Å². The molecule has 1 N–H and O–H groups in total. The first-order valence-corrected chi connectivity index (χ1v) is 6.51. The molecule has 5 nitrogen and oxygen atoms in total. The number of hydrogen-bond acceptors (Lipinski definition) is 5. The lowest BCUT2D eigenvalue weighted by molar-refractivity contribution is 0.0696. The van der Waals surface area contributed by atoms with Crippen LogP contribution in [0.1, 0.15) is 15.5 Å². The Labute approximate surface area is 115 Å². The highest BCUT2D eigenvalue weighted by molar-refractivity contribution is 7.11. The Balaban J connectivity index is 2.06. The van der Waals surface area contributed by atoms with E-state index in [0.717, 1.165) is 28.5 Å². The third kappa shape index (κ3) is 3.23. The van der Waals surface area contributed by atoms with E-state index in [1.807, 2.05) is 36.2 Å². The highest BCUT2D eigenvalue weighted by atomic mass is 32.1. The quantitative estimate of drug-likeness (QED) is 0.910. The second kappa shape index (κ2) is 5.71. The summed E-state index contributed by atoms with van der Waals surface area (Å²) in [7, 11) is 3.56. The zero-order valence-electron chi connectivity index (χ0n) is 10.7. The predicted molar refractivity (Wildman–Crippen MR) is 74.2 cm³/mol. The Morgan fingerprint density at radius 2 is 2.11 bits per heavy atom. The van der Waals surface area contributed by atoms with Gasteiger partial charge in [0.15, 0.2) is 0 Å². The molecule has 100 valence electrons. The topological polar surface area (TPSA) is 62.7 Å². The monoisotopic (exact) mass is 278 g/mol. The molecule has 0 radical (unpaired) electrons. The highest BCUT2D eigenvalue weighted by Gasteiger charge is 2.10. The Morgan fingerprint density at radius 1 is 1.42 bits per heavy atom. The number of methoxy groups -OCH3 is 1. The number of anilines is 1. The van der Waals surface area contributed by atoms with Crippen molar-refractivity contribution in [2.24, 2.45) is 0 Å². The number of thiazole rings is 1. The number of nitrogens with zero attached hydrogens (tertiary/aromatic N) is 2. The molecule has 0 atom stereocenters. The minimum atomic E-state index is -0.983. The molecule has 0 saturated carbocycles. The van der Waals surface area contributed by atoms with Crippen LogP contribution in [0.4, 0.5) is 5.69 Å². The van der Waals surface area contributed by atoms with Gasteiger partial charge in [-0.1, -0.05) is 0 Å². The molecule has 0 aliphatic carbocycles. The number of carboxylic acids is 1. The second-order valence-electron chi connectivity index (χ2n) is 4.00. The molecule has 0 aliphatic heterocycles. The maximum atomic E-state index is 10.8. The van der Waals surface area contributed by atoms with Gasteiger partial charge < -0.3 is 14.7 Å². The average Bonchev–Trinajstić information content (AvgIpc) is 2.87. The zero-order chi connectivity index (χ0) is 13.8. The maximum Gasteiger partial charge on any atom is 0.365 e. The standard InChI is InChI=1S/C13H14N2O3S/c1-15(10-3-5-11(18-2)6-4-10)7-9-8-19-12(14-9)13(16)17/h3-6,8H,7H2,1-2H3,(H,16,17). The summed E-state index contributed by atoms with van der Waals surface area (Å²) in [5.41, 5.74) is 1.77. The van der Waals surface area contributed by atoms with Crippen molar-refractivity contribution in [2.45, 2.75) is 6.54 Å². The van der Waals surface area contributed by atoms with Crippen molar-refractivity contribution in [1.82, 2.24) is 4.98 Å². The molecule has 1 heterocycles. The summed E-state index contributed by atoms with van der Waals surface area (Å²) in [6.07, 6.45) is 0. The molecule has 2 rings (SSSR count). The minimum absolute atomic E-state index is 0.123. The zero-order valence-corrected chi connectivity index (χ0v) is 11.5. The Hall–Kier alpha value is -2.08. The predicted octanol–water partition coefficient (Wildman–Crippen LogP) is 2.49. The molecule has 1 aromatic heterocycles. The van der Waals surface area contributed by atoms with E-state index >= 15 is 0 Å². The molecule has 0 amide bonds. The van der Waals surface area contributed by atoms with Crippen LogP contribution in [0.15, 0.2) is 29.6 Å². The van der Waals surface area contributed by atoms with Gasteiger partial charge in [0.2, 0.25) is 5.01 Å². The summed E-state index contributed by atoms with van der Waals surface area (Å²) in [5.74, 6) is -0.178. The first-order chi connectivity index (χ1) is 9.10. The minimum Gasteiger partial charge on any atom is -0.497 e. The van der Waals surface area contributed by atoms with E-state index in [-0.39, 0.29) is 5.01 Å². The van der Waals surface area contributed by atoms with E-state index in [9.17, 15) is 4.79 Å². The number of hydrogen-bond donors (Lipinski definition) is 1. The van der Waals surface area contributed by atoms with E-state index in [1.165, 1.54) is 0 Å². The molecule has 2 aromatic rings. The van der Waals surface area contributed by atoms with Crippen molar-refractivity contribution in [1.29, 1.82) is 0 Å². The van der Waals surface area contributed by atoms with Crippen molar-refractivity contribution in [2.75, 3.05) is 19.1 Å². The second-order valence-corrected chi connectivity index (χ2v) is 4.86. The summed E-state index contributed by atoms with van der Waals surface area (Å²) in [6.45, 7) is 0.566. The van der Waals surface area contributed by atoms with Gasteiger partial charge >= 0.3 is 5.97 Å². The van der Waals surface area contributed by atoms with Gasteiger partial charge in [-0.05, 0) is 24.3 Å². The lowest BCUT2D eigenvalue weighted by Crippen LogP contribution is -2.16. The smallest absolute Gasteiger partial charge is 0.365 e. The van der Waals surface area contributed by atoms with E-state index in [4.69, 9.17) is 9.84 Å².